The van der Waals surface area contributed by atoms with Crippen molar-refractivity contribution in [3.8, 4) is 0 Å². The molecule has 0 aliphatic rings. The van der Waals surface area contributed by atoms with Crippen molar-refractivity contribution in [2.45, 2.75) is 32.7 Å². The summed E-state index contributed by atoms with van der Waals surface area (Å²) < 4.78 is 0. The van der Waals surface area contributed by atoms with Gasteiger partial charge in [-0.1, -0.05) is 13.8 Å². The highest BCUT2D eigenvalue weighted by Crippen LogP contribution is 2.05. The van der Waals surface area contributed by atoms with Crippen molar-refractivity contribution in [3.63, 3.8) is 0 Å². The third kappa shape index (κ3) is 8.48. The summed E-state index contributed by atoms with van der Waals surface area (Å²) in [5.41, 5.74) is 0. The van der Waals surface area contributed by atoms with Gasteiger partial charge in [0, 0.05) is 19.2 Å². The van der Waals surface area contributed by atoms with Crippen LogP contribution in [0.2, 0.25) is 0 Å². The zero-order valence-corrected chi connectivity index (χ0v) is 10.1. The molecule has 1 atom stereocenters. The molecule has 0 aliphatic heterocycles. The van der Waals surface area contributed by atoms with Crippen LogP contribution in [0.15, 0.2) is 0 Å². The molecule has 0 radical (unpaired) electrons. The van der Waals surface area contributed by atoms with Crippen molar-refractivity contribution in [1.82, 2.24) is 10.2 Å². The van der Waals surface area contributed by atoms with E-state index in [0.29, 0.717) is 6.04 Å². The highest BCUT2D eigenvalue weighted by atomic mass is 16.3. The third-order valence-corrected chi connectivity index (χ3v) is 2.11. The fourth-order valence-electron chi connectivity index (χ4n) is 1.62. The number of nitrogens with one attached hydrogen (secondary N) is 1. The largest absolute Gasteiger partial charge is 0.396 e. The van der Waals surface area contributed by atoms with Crippen molar-refractivity contribution in [3.05, 3.63) is 0 Å². The van der Waals surface area contributed by atoms with E-state index in [-0.39, 0.29) is 6.61 Å². The van der Waals surface area contributed by atoms with E-state index < -0.39 is 0 Å². The summed E-state index contributed by atoms with van der Waals surface area (Å²) >= 11 is 0. The minimum Gasteiger partial charge on any atom is -0.396 e. The molecule has 0 saturated heterocycles. The fraction of sp³-hybridized carbons (Fsp3) is 1.00. The number of hydrogen-bond acceptors (Lipinski definition) is 3. The molecule has 0 aromatic heterocycles. The van der Waals surface area contributed by atoms with Crippen LogP contribution in [0.4, 0.5) is 0 Å². The summed E-state index contributed by atoms with van der Waals surface area (Å²) in [6.07, 6.45) is 2.05. The molecular formula is C11H26N2O. The van der Waals surface area contributed by atoms with E-state index in [4.69, 9.17) is 5.11 Å². The number of rotatable bonds is 8. The van der Waals surface area contributed by atoms with Gasteiger partial charge in [-0.3, -0.25) is 0 Å². The topological polar surface area (TPSA) is 35.5 Å². The van der Waals surface area contributed by atoms with Crippen LogP contribution in [0.3, 0.4) is 0 Å². The normalized spacial score (nSPS) is 13.9. The minimum absolute atomic E-state index is 0.281. The zero-order valence-electron chi connectivity index (χ0n) is 10.1. The van der Waals surface area contributed by atoms with Gasteiger partial charge in [-0.15, -0.1) is 0 Å². The average Bonchev–Trinajstić information content (AvgIpc) is 2.02. The number of nitrogens with zero attached hydrogens (tertiary/aromatic N) is 1. The number of aliphatic hydroxyl groups excluding tert-OH is 1. The number of hydrogen-bond donors (Lipinski definition) is 2. The van der Waals surface area contributed by atoms with Crippen molar-refractivity contribution < 1.29 is 5.11 Å². The van der Waals surface area contributed by atoms with Crippen LogP contribution < -0.4 is 5.32 Å². The van der Waals surface area contributed by atoms with Crippen molar-refractivity contribution >= 4 is 0 Å². The summed E-state index contributed by atoms with van der Waals surface area (Å²) in [6, 6.07) is 0.552. The van der Waals surface area contributed by atoms with Gasteiger partial charge in [-0.2, -0.15) is 0 Å². The molecule has 14 heavy (non-hydrogen) atoms. The van der Waals surface area contributed by atoms with E-state index in [2.05, 4.69) is 38.2 Å². The highest BCUT2D eigenvalue weighted by molar-refractivity contribution is 4.70. The molecule has 86 valence electrons. The lowest BCUT2D eigenvalue weighted by molar-refractivity contribution is 0.268. The predicted molar refractivity (Wildman–Crippen MR) is 61.5 cm³/mol. The first-order chi connectivity index (χ1) is 6.56. The van der Waals surface area contributed by atoms with Gasteiger partial charge >= 0.3 is 0 Å². The number of likely N-dealkylation sites (N-methyl/N-ethyl adjacent to an activating group) is 1. The Morgan fingerprint density at radius 2 is 1.93 bits per heavy atom. The van der Waals surface area contributed by atoms with Crippen LogP contribution in [0.1, 0.15) is 26.7 Å². The Labute approximate surface area is 88.5 Å². The lowest BCUT2D eigenvalue weighted by Gasteiger charge is -2.23. The van der Waals surface area contributed by atoms with E-state index in [1.165, 1.54) is 6.42 Å². The van der Waals surface area contributed by atoms with Gasteiger partial charge in [0.15, 0.2) is 0 Å². The van der Waals surface area contributed by atoms with E-state index in [0.717, 1.165) is 25.4 Å². The lowest BCUT2D eigenvalue weighted by atomic mass is 10.0. The van der Waals surface area contributed by atoms with E-state index in [1.807, 2.05) is 0 Å². The third-order valence-electron chi connectivity index (χ3n) is 2.11. The van der Waals surface area contributed by atoms with Crippen LogP contribution in [-0.4, -0.2) is 49.8 Å². The second-order valence-electron chi connectivity index (χ2n) is 4.62. The Balaban J connectivity index is 3.72. The highest BCUT2D eigenvalue weighted by Gasteiger charge is 2.10. The average molecular weight is 202 g/mol. The quantitative estimate of drug-likeness (QED) is 0.575. The number of aliphatic hydroxyl groups is 1. The van der Waals surface area contributed by atoms with Crippen molar-refractivity contribution in [1.29, 1.82) is 0 Å². The lowest BCUT2D eigenvalue weighted by Crippen LogP contribution is -2.39. The van der Waals surface area contributed by atoms with Gasteiger partial charge < -0.3 is 15.3 Å². The summed E-state index contributed by atoms with van der Waals surface area (Å²) in [7, 11) is 4.20. The molecule has 0 fully saturated rings. The summed E-state index contributed by atoms with van der Waals surface area (Å²) in [5, 5.41) is 12.2. The molecular weight excluding hydrogens is 176 g/mol. The standard InChI is InChI=1S/C11H26N2O/c1-10(2)8-11(9-13(3)4)12-6-5-7-14/h10-12,14H,5-9H2,1-4H3. The molecule has 0 amide bonds. The summed E-state index contributed by atoms with van der Waals surface area (Å²) in [6.45, 7) is 6.77. The molecule has 0 saturated carbocycles. The SMILES string of the molecule is CC(C)CC(CN(C)C)NCCCO. The fourth-order valence-corrected chi connectivity index (χ4v) is 1.62. The maximum Gasteiger partial charge on any atom is 0.0443 e. The molecule has 0 aromatic rings. The predicted octanol–water partition coefficient (Wildman–Crippen LogP) is 0.935. The van der Waals surface area contributed by atoms with E-state index in [9.17, 15) is 0 Å². The molecule has 0 heterocycles. The molecule has 0 aliphatic carbocycles. The van der Waals surface area contributed by atoms with Crippen LogP contribution in [0.5, 0.6) is 0 Å². The minimum atomic E-state index is 0.281. The second kappa shape index (κ2) is 8.21. The molecule has 2 N–H and O–H groups in total. The van der Waals surface area contributed by atoms with E-state index in [1.54, 1.807) is 0 Å². The molecule has 0 rings (SSSR count). The summed E-state index contributed by atoms with van der Waals surface area (Å²) in [4.78, 5) is 2.21. The van der Waals surface area contributed by atoms with Gasteiger partial charge in [0.2, 0.25) is 0 Å². The van der Waals surface area contributed by atoms with E-state index >= 15 is 0 Å². The Morgan fingerprint density at radius 1 is 1.29 bits per heavy atom. The van der Waals surface area contributed by atoms with Gasteiger partial charge in [0.05, 0.1) is 0 Å². The first-order valence-corrected chi connectivity index (χ1v) is 5.55. The second-order valence-corrected chi connectivity index (χ2v) is 4.62. The Kier molecular flexibility index (Phi) is 8.14. The first-order valence-electron chi connectivity index (χ1n) is 5.55. The Hall–Kier alpha value is -0.120. The van der Waals surface area contributed by atoms with Gasteiger partial charge in [-0.25, -0.2) is 0 Å². The maximum atomic E-state index is 8.69. The van der Waals surface area contributed by atoms with Gasteiger partial charge in [-0.05, 0) is 39.4 Å². The molecule has 0 aromatic carbocycles. The van der Waals surface area contributed by atoms with Gasteiger partial charge in [0.1, 0.15) is 0 Å². The molecule has 0 spiro atoms. The maximum absolute atomic E-state index is 8.69. The molecule has 1 unspecified atom stereocenters. The smallest absolute Gasteiger partial charge is 0.0443 e. The zero-order chi connectivity index (χ0) is 11.0. The Bertz CT molecular complexity index is 116. The van der Waals surface area contributed by atoms with Crippen molar-refractivity contribution in [2.24, 2.45) is 5.92 Å². The van der Waals surface area contributed by atoms with Crippen LogP contribution in [0, 0.1) is 5.92 Å². The van der Waals surface area contributed by atoms with Gasteiger partial charge in [0.25, 0.3) is 0 Å². The first kappa shape index (κ1) is 13.9. The Morgan fingerprint density at radius 3 is 2.36 bits per heavy atom. The van der Waals surface area contributed by atoms with Crippen LogP contribution in [0.25, 0.3) is 0 Å². The molecule has 3 nitrogen and oxygen atoms in total. The van der Waals surface area contributed by atoms with Crippen LogP contribution >= 0.6 is 0 Å². The van der Waals surface area contributed by atoms with Crippen LogP contribution in [-0.2, 0) is 0 Å². The monoisotopic (exact) mass is 202 g/mol. The van der Waals surface area contributed by atoms with Crippen molar-refractivity contribution in [2.75, 3.05) is 33.8 Å². The molecule has 0 bridgehead atoms. The molecule has 3 heteroatoms. The summed E-state index contributed by atoms with van der Waals surface area (Å²) in [5.74, 6) is 0.724.